The fraction of sp³-hybridized carbons (Fsp3) is 0.667. The molecule has 10 heteroatoms. The van der Waals surface area contributed by atoms with E-state index in [1.165, 1.54) is 4.57 Å². The Morgan fingerprint density at radius 3 is 2.76 bits per heavy atom. The number of nitrogens with zero attached hydrogens (tertiary/aromatic N) is 4. The molecule has 2 heterocycles. The van der Waals surface area contributed by atoms with Crippen molar-refractivity contribution in [3.05, 3.63) is 27.2 Å². The summed E-state index contributed by atoms with van der Waals surface area (Å²) in [6.45, 7) is 4.39. The molecule has 2 aromatic heterocycles. The van der Waals surface area contributed by atoms with Crippen LogP contribution >= 0.6 is 8.25 Å². The summed E-state index contributed by atoms with van der Waals surface area (Å²) in [5.74, 6) is 0. The van der Waals surface area contributed by atoms with Crippen LogP contribution in [-0.2, 0) is 15.6 Å². The third-order valence-electron chi connectivity index (χ3n) is 4.43. The Balaban J connectivity index is 2.10. The van der Waals surface area contributed by atoms with E-state index in [1.807, 2.05) is 6.92 Å². The fourth-order valence-electron chi connectivity index (χ4n) is 3.07. The first kappa shape index (κ1) is 18.0. The van der Waals surface area contributed by atoms with Crippen LogP contribution in [0.3, 0.4) is 0 Å². The lowest BCUT2D eigenvalue weighted by atomic mass is 10.2. The molecule has 0 spiro atoms. The molecule has 0 bridgehead atoms. The van der Waals surface area contributed by atoms with Crippen molar-refractivity contribution in [2.24, 2.45) is 0 Å². The van der Waals surface area contributed by atoms with Crippen molar-refractivity contribution < 1.29 is 14.0 Å². The van der Waals surface area contributed by atoms with Crippen LogP contribution in [0.15, 0.2) is 15.9 Å². The maximum absolute atomic E-state index is 13.0. The van der Waals surface area contributed by atoms with Crippen LogP contribution in [0, 0.1) is 0 Å². The monoisotopic (exact) mass is 369 g/mol. The van der Waals surface area contributed by atoms with Crippen molar-refractivity contribution in [1.29, 1.82) is 0 Å². The van der Waals surface area contributed by atoms with Crippen molar-refractivity contribution in [2.75, 3.05) is 6.61 Å². The first-order valence-corrected chi connectivity index (χ1v) is 9.59. The Hall–Kier alpha value is -1.83. The summed E-state index contributed by atoms with van der Waals surface area (Å²) in [5.41, 5.74) is 0.143. The lowest BCUT2D eigenvalue weighted by Gasteiger charge is -2.16. The second-order valence-corrected chi connectivity index (χ2v) is 7.11. The molecule has 25 heavy (non-hydrogen) atoms. The SMILES string of the molecule is CCCn1cnc2c1c(=O)n(C(C)CCO[P+](=O)O)c(=O)n2C1CC1. The molecule has 2 atom stereocenters. The predicted molar refractivity (Wildman–Crippen MR) is 91.9 cm³/mol. The highest BCUT2D eigenvalue weighted by Crippen LogP contribution is 2.35. The molecule has 0 amide bonds. The van der Waals surface area contributed by atoms with Gasteiger partial charge in [0, 0.05) is 23.2 Å². The topological polar surface area (TPSA) is 108 Å². The van der Waals surface area contributed by atoms with Crippen molar-refractivity contribution in [3.8, 4) is 0 Å². The van der Waals surface area contributed by atoms with E-state index in [4.69, 9.17) is 4.89 Å². The number of aromatic nitrogens is 4. The summed E-state index contributed by atoms with van der Waals surface area (Å²) >= 11 is 0. The minimum Gasteiger partial charge on any atom is -0.325 e. The summed E-state index contributed by atoms with van der Waals surface area (Å²) in [6, 6.07) is -0.364. The Labute approximate surface area is 144 Å². The number of aryl methyl sites for hydroxylation is 1. The van der Waals surface area contributed by atoms with Gasteiger partial charge in [-0.1, -0.05) is 6.92 Å². The lowest BCUT2D eigenvalue weighted by Crippen LogP contribution is -2.42. The normalized spacial score (nSPS) is 16.4. The zero-order valence-electron chi connectivity index (χ0n) is 14.3. The minimum absolute atomic E-state index is 0.00552. The van der Waals surface area contributed by atoms with Crippen LogP contribution < -0.4 is 11.2 Å². The van der Waals surface area contributed by atoms with E-state index in [9.17, 15) is 14.2 Å². The molecule has 0 radical (unpaired) electrons. The van der Waals surface area contributed by atoms with Gasteiger partial charge < -0.3 is 4.57 Å². The highest BCUT2D eigenvalue weighted by atomic mass is 31.1. The molecule has 2 unspecified atom stereocenters. The second-order valence-electron chi connectivity index (χ2n) is 6.38. The number of fused-ring (bicyclic) bond motifs is 1. The van der Waals surface area contributed by atoms with Gasteiger partial charge in [-0.15, -0.1) is 9.42 Å². The second kappa shape index (κ2) is 7.19. The maximum Gasteiger partial charge on any atom is 0.694 e. The number of hydrogen-bond acceptors (Lipinski definition) is 5. The molecule has 136 valence electrons. The molecule has 1 fully saturated rings. The van der Waals surface area contributed by atoms with Gasteiger partial charge in [0.2, 0.25) is 0 Å². The van der Waals surface area contributed by atoms with Gasteiger partial charge in [0.25, 0.3) is 5.56 Å². The molecule has 1 saturated carbocycles. The average Bonchev–Trinajstić information content (AvgIpc) is 3.28. The third-order valence-corrected chi connectivity index (χ3v) is 4.84. The van der Waals surface area contributed by atoms with Crippen LogP contribution in [0.1, 0.15) is 51.6 Å². The summed E-state index contributed by atoms with van der Waals surface area (Å²) in [5, 5.41) is 0. The first-order chi connectivity index (χ1) is 12.0. The van der Waals surface area contributed by atoms with Crippen LogP contribution in [0.5, 0.6) is 0 Å². The molecule has 0 saturated heterocycles. The highest BCUT2D eigenvalue weighted by molar-refractivity contribution is 7.32. The summed E-state index contributed by atoms with van der Waals surface area (Å²) in [6.07, 6.45) is 4.55. The average molecular weight is 369 g/mol. The Bertz CT molecular complexity index is 911. The number of rotatable bonds is 8. The smallest absolute Gasteiger partial charge is 0.325 e. The largest absolute Gasteiger partial charge is 0.694 e. The molecule has 1 aliphatic carbocycles. The predicted octanol–water partition coefficient (Wildman–Crippen LogP) is 1.72. The molecular formula is C15H22N4O5P+. The first-order valence-electron chi connectivity index (χ1n) is 8.46. The Morgan fingerprint density at radius 1 is 1.44 bits per heavy atom. The zero-order chi connectivity index (χ0) is 18.1. The standard InChI is InChI=1S/C15H21N4O5P/c1-3-7-17-9-16-13-12(17)14(20)18(10(2)6-8-24-25(22)23)15(21)19(13)11-4-5-11/h9-11H,3-8H2,1-2H3/p+1. The van der Waals surface area contributed by atoms with Gasteiger partial charge in [-0.05, 0) is 32.6 Å². The third kappa shape index (κ3) is 3.44. The van der Waals surface area contributed by atoms with E-state index < -0.39 is 14.3 Å². The number of imidazole rings is 1. The number of hydrogen-bond donors (Lipinski definition) is 1. The van der Waals surface area contributed by atoms with Crippen LogP contribution in [0.4, 0.5) is 0 Å². The molecule has 0 aromatic carbocycles. The Kier molecular flexibility index (Phi) is 5.17. The molecule has 9 nitrogen and oxygen atoms in total. The van der Waals surface area contributed by atoms with Crippen molar-refractivity contribution in [2.45, 2.75) is 58.2 Å². The van der Waals surface area contributed by atoms with Gasteiger partial charge in [-0.3, -0.25) is 13.9 Å². The van der Waals surface area contributed by atoms with Gasteiger partial charge in [0.1, 0.15) is 6.61 Å². The maximum atomic E-state index is 13.0. The minimum atomic E-state index is -2.69. The van der Waals surface area contributed by atoms with E-state index in [1.54, 1.807) is 22.4 Å². The van der Waals surface area contributed by atoms with E-state index >= 15 is 0 Å². The molecular weight excluding hydrogens is 347 g/mol. The molecule has 1 aliphatic rings. The Morgan fingerprint density at radius 2 is 2.16 bits per heavy atom. The van der Waals surface area contributed by atoms with Crippen molar-refractivity contribution in [3.63, 3.8) is 0 Å². The van der Waals surface area contributed by atoms with E-state index in [0.717, 1.165) is 19.3 Å². The van der Waals surface area contributed by atoms with Gasteiger partial charge in [0.05, 0.1) is 6.33 Å². The zero-order valence-corrected chi connectivity index (χ0v) is 15.2. The molecule has 2 aromatic rings. The fourth-order valence-corrected chi connectivity index (χ4v) is 3.33. The van der Waals surface area contributed by atoms with Crippen molar-refractivity contribution >= 4 is 19.4 Å². The molecule has 1 N–H and O–H groups in total. The van der Waals surface area contributed by atoms with Crippen molar-refractivity contribution in [1.82, 2.24) is 18.7 Å². The summed E-state index contributed by atoms with van der Waals surface area (Å²) < 4.78 is 19.9. The van der Waals surface area contributed by atoms with Crippen LogP contribution in [0.2, 0.25) is 0 Å². The van der Waals surface area contributed by atoms with Gasteiger partial charge in [-0.2, -0.15) is 0 Å². The molecule has 3 rings (SSSR count). The van der Waals surface area contributed by atoms with Crippen LogP contribution in [-0.4, -0.2) is 30.2 Å². The van der Waals surface area contributed by atoms with Crippen LogP contribution in [0.25, 0.3) is 11.2 Å². The van der Waals surface area contributed by atoms with E-state index in [2.05, 4.69) is 9.51 Å². The summed E-state index contributed by atoms with van der Waals surface area (Å²) in [7, 11) is -2.69. The van der Waals surface area contributed by atoms with Gasteiger partial charge >= 0.3 is 13.9 Å². The lowest BCUT2D eigenvalue weighted by molar-refractivity contribution is 0.256. The molecule has 0 aliphatic heterocycles. The summed E-state index contributed by atoms with van der Waals surface area (Å²) in [4.78, 5) is 38.9. The van der Waals surface area contributed by atoms with E-state index in [0.29, 0.717) is 17.7 Å². The quantitative estimate of drug-likeness (QED) is 0.710. The van der Waals surface area contributed by atoms with Gasteiger partial charge in [0.15, 0.2) is 11.2 Å². The van der Waals surface area contributed by atoms with Gasteiger partial charge in [-0.25, -0.2) is 9.78 Å². The highest BCUT2D eigenvalue weighted by Gasteiger charge is 2.31. The van der Waals surface area contributed by atoms with E-state index in [-0.39, 0.29) is 30.3 Å².